The Kier molecular flexibility index (Phi) is 5.40. The highest BCUT2D eigenvalue weighted by atomic mass is 28.3. The molecule has 1 atom stereocenters. The first-order valence-electron chi connectivity index (χ1n) is 5.93. The molecule has 0 spiro atoms. The number of ether oxygens (including phenoxy) is 3. The average Bonchev–Trinajstić information content (AvgIpc) is 2.57. The Morgan fingerprint density at radius 2 is 2.06 bits per heavy atom. The third kappa shape index (κ3) is 5.96. The summed E-state index contributed by atoms with van der Waals surface area (Å²) in [6.07, 6.45) is 1.55. The predicted molar refractivity (Wildman–Crippen MR) is 65.1 cm³/mol. The van der Waals surface area contributed by atoms with Crippen molar-refractivity contribution in [3.05, 3.63) is 0 Å². The smallest absolute Gasteiger partial charge is 0.189 e. The van der Waals surface area contributed by atoms with Crippen molar-refractivity contribution in [1.82, 2.24) is 0 Å². The van der Waals surface area contributed by atoms with Crippen LogP contribution in [0.3, 0.4) is 0 Å². The molecular formula is C11H24O4Si. The maximum Gasteiger partial charge on any atom is 0.189 e. The van der Waals surface area contributed by atoms with Crippen LogP contribution >= 0.6 is 0 Å². The van der Waals surface area contributed by atoms with Crippen LogP contribution in [-0.2, 0) is 14.2 Å². The van der Waals surface area contributed by atoms with E-state index >= 15 is 0 Å². The molecule has 1 N–H and O–H groups in total. The van der Waals surface area contributed by atoms with Crippen molar-refractivity contribution in [3.63, 3.8) is 0 Å². The molecule has 1 heterocycles. The van der Waals surface area contributed by atoms with Gasteiger partial charge in [0.1, 0.15) is 13.4 Å². The molecule has 1 unspecified atom stereocenters. The molecule has 4 nitrogen and oxygen atoms in total. The van der Waals surface area contributed by atoms with Gasteiger partial charge in [0.05, 0.1) is 6.61 Å². The zero-order valence-corrected chi connectivity index (χ0v) is 11.6. The lowest BCUT2D eigenvalue weighted by molar-refractivity contribution is -0.219. The second kappa shape index (κ2) is 6.12. The summed E-state index contributed by atoms with van der Waals surface area (Å²) in [6.45, 7) is 8.76. The van der Waals surface area contributed by atoms with Gasteiger partial charge in [0.25, 0.3) is 0 Å². The lowest BCUT2D eigenvalue weighted by Gasteiger charge is -2.21. The zero-order valence-electron chi connectivity index (χ0n) is 10.6. The zero-order chi connectivity index (χ0) is 12.1. The molecule has 96 valence electrons. The highest BCUT2D eigenvalue weighted by molar-refractivity contribution is 6.76. The second-order valence-electron chi connectivity index (χ2n) is 5.58. The van der Waals surface area contributed by atoms with E-state index in [2.05, 4.69) is 19.6 Å². The summed E-state index contributed by atoms with van der Waals surface area (Å²) in [4.78, 5) is 0. The summed E-state index contributed by atoms with van der Waals surface area (Å²) in [5, 5.41) is 9.78. The minimum Gasteiger partial charge on any atom is -0.364 e. The Bertz CT molecular complexity index is 197. The monoisotopic (exact) mass is 248 g/mol. The summed E-state index contributed by atoms with van der Waals surface area (Å²) < 4.78 is 15.8. The summed E-state index contributed by atoms with van der Waals surface area (Å²) in [5.41, 5.74) is 0. The quantitative estimate of drug-likeness (QED) is 0.424. The Labute approximate surface area is 98.9 Å². The van der Waals surface area contributed by atoms with Crippen LogP contribution in [-0.4, -0.2) is 45.6 Å². The van der Waals surface area contributed by atoms with Gasteiger partial charge in [-0.05, 0) is 12.5 Å². The van der Waals surface area contributed by atoms with Crippen molar-refractivity contribution < 1.29 is 19.3 Å². The van der Waals surface area contributed by atoms with Crippen LogP contribution in [0.1, 0.15) is 12.8 Å². The number of hydrogen-bond acceptors (Lipinski definition) is 4. The van der Waals surface area contributed by atoms with Gasteiger partial charge < -0.3 is 19.3 Å². The van der Waals surface area contributed by atoms with Crippen molar-refractivity contribution in [2.24, 2.45) is 0 Å². The third-order valence-electron chi connectivity index (χ3n) is 2.57. The SMILES string of the molecule is C[Si](C)(C)CCOCOCC1(O)CCCO1. The van der Waals surface area contributed by atoms with E-state index in [9.17, 15) is 5.11 Å². The summed E-state index contributed by atoms with van der Waals surface area (Å²) >= 11 is 0. The Morgan fingerprint density at radius 1 is 1.31 bits per heavy atom. The molecule has 1 rings (SSSR count). The van der Waals surface area contributed by atoms with Gasteiger partial charge in [0.2, 0.25) is 0 Å². The maximum atomic E-state index is 9.78. The highest BCUT2D eigenvalue weighted by Crippen LogP contribution is 2.22. The van der Waals surface area contributed by atoms with Crippen molar-refractivity contribution >= 4 is 8.07 Å². The van der Waals surface area contributed by atoms with E-state index in [0.29, 0.717) is 13.0 Å². The minimum atomic E-state index is -1.07. The molecule has 0 radical (unpaired) electrons. The maximum absolute atomic E-state index is 9.78. The minimum absolute atomic E-state index is 0.208. The van der Waals surface area contributed by atoms with Crippen LogP contribution in [0.15, 0.2) is 0 Å². The summed E-state index contributed by atoms with van der Waals surface area (Å²) in [5.74, 6) is -1.07. The first-order valence-corrected chi connectivity index (χ1v) is 9.64. The van der Waals surface area contributed by atoms with Crippen LogP contribution in [0.4, 0.5) is 0 Å². The van der Waals surface area contributed by atoms with Crippen LogP contribution in [0.2, 0.25) is 25.7 Å². The summed E-state index contributed by atoms with van der Waals surface area (Å²) in [7, 11) is -1.01. The van der Waals surface area contributed by atoms with Crippen LogP contribution in [0, 0.1) is 0 Å². The largest absolute Gasteiger partial charge is 0.364 e. The van der Waals surface area contributed by atoms with E-state index in [1.54, 1.807) is 0 Å². The van der Waals surface area contributed by atoms with Gasteiger partial charge in [-0.15, -0.1) is 0 Å². The number of hydrogen-bond donors (Lipinski definition) is 1. The molecule has 0 amide bonds. The van der Waals surface area contributed by atoms with E-state index in [1.807, 2.05) is 0 Å². The first-order chi connectivity index (χ1) is 7.41. The van der Waals surface area contributed by atoms with Crippen LogP contribution in [0.5, 0.6) is 0 Å². The van der Waals surface area contributed by atoms with Crippen LogP contribution in [0.25, 0.3) is 0 Å². The predicted octanol–water partition coefficient (Wildman–Crippen LogP) is 1.81. The molecule has 1 aliphatic heterocycles. The molecule has 0 bridgehead atoms. The van der Waals surface area contributed by atoms with E-state index in [4.69, 9.17) is 14.2 Å². The highest BCUT2D eigenvalue weighted by Gasteiger charge is 2.32. The van der Waals surface area contributed by atoms with Gasteiger partial charge in [0.15, 0.2) is 5.79 Å². The van der Waals surface area contributed by atoms with Gasteiger partial charge in [-0.3, -0.25) is 0 Å². The molecular weight excluding hydrogens is 224 g/mol. The standard InChI is InChI=1S/C11H24O4Si/c1-16(2,3)8-7-13-10-14-9-11(12)5-4-6-15-11/h12H,4-10H2,1-3H3. The molecule has 0 aliphatic carbocycles. The van der Waals surface area contributed by atoms with Gasteiger partial charge in [-0.2, -0.15) is 0 Å². The fourth-order valence-electron chi connectivity index (χ4n) is 1.49. The fraction of sp³-hybridized carbons (Fsp3) is 1.00. The normalized spacial score (nSPS) is 26.2. The van der Waals surface area contributed by atoms with E-state index in [0.717, 1.165) is 19.1 Å². The third-order valence-corrected chi connectivity index (χ3v) is 4.28. The molecule has 5 heteroatoms. The number of rotatable bonds is 7. The van der Waals surface area contributed by atoms with Gasteiger partial charge in [-0.1, -0.05) is 19.6 Å². The molecule has 1 fully saturated rings. The molecule has 0 aromatic rings. The second-order valence-corrected chi connectivity index (χ2v) is 11.2. The lowest BCUT2D eigenvalue weighted by Crippen LogP contribution is -2.33. The van der Waals surface area contributed by atoms with Crippen molar-refractivity contribution in [1.29, 1.82) is 0 Å². The topological polar surface area (TPSA) is 47.9 Å². The van der Waals surface area contributed by atoms with E-state index in [1.165, 1.54) is 0 Å². The number of aliphatic hydroxyl groups is 1. The molecule has 1 saturated heterocycles. The summed E-state index contributed by atoms with van der Waals surface area (Å²) in [6, 6.07) is 1.14. The molecule has 1 aliphatic rings. The Balaban J connectivity index is 1.96. The first kappa shape index (κ1) is 14.1. The lowest BCUT2D eigenvalue weighted by atomic mass is 10.2. The molecule has 0 saturated carbocycles. The molecule has 0 aromatic carbocycles. The van der Waals surface area contributed by atoms with Gasteiger partial charge in [0, 0.05) is 21.1 Å². The Hall–Kier alpha value is 0.0569. The van der Waals surface area contributed by atoms with Crippen molar-refractivity contribution in [2.75, 3.05) is 26.6 Å². The van der Waals surface area contributed by atoms with E-state index < -0.39 is 13.9 Å². The van der Waals surface area contributed by atoms with E-state index in [-0.39, 0.29) is 13.4 Å². The van der Waals surface area contributed by atoms with Gasteiger partial charge in [-0.25, -0.2) is 0 Å². The van der Waals surface area contributed by atoms with Crippen molar-refractivity contribution in [2.45, 2.75) is 44.3 Å². The molecule has 0 aromatic heterocycles. The molecule has 16 heavy (non-hydrogen) atoms. The Morgan fingerprint density at radius 3 is 2.62 bits per heavy atom. The van der Waals surface area contributed by atoms with Gasteiger partial charge >= 0.3 is 0 Å². The fourth-order valence-corrected chi connectivity index (χ4v) is 2.25. The van der Waals surface area contributed by atoms with Crippen molar-refractivity contribution in [3.8, 4) is 0 Å². The van der Waals surface area contributed by atoms with Crippen LogP contribution < -0.4 is 0 Å². The average molecular weight is 248 g/mol.